The lowest BCUT2D eigenvalue weighted by Gasteiger charge is -2.07. The predicted molar refractivity (Wildman–Crippen MR) is 89.1 cm³/mol. The molecule has 0 unspecified atom stereocenters. The van der Waals surface area contributed by atoms with Gasteiger partial charge in [0.15, 0.2) is 0 Å². The van der Waals surface area contributed by atoms with Crippen molar-refractivity contribution in [3.63, 3.8) is 0 Å². The number of rotatable bonds is 4. The van der Waals surface area contributed by atoms with Crippen LogP contribution in [0.4, 0.5) is 13.2 Å². The van der Waals surface area contributed by atoms with Crippen LogP contribution >= 0.6 is 0 Å². The number of benzene rings is 1. The van der Waals surface area contributed by atoms with E-state index in [9.17, 15) is 18.0 Å². The van der Waals surface area contributed by atoms with Crippen molar-refractivity contribution < 1.29 is 18.0 Å². The van der Waals surface area contributed by atoms with Crippen molar-refractivity contribution in [2.75, 3.05) is 0 Å². The maximum Gasteiger partial charge on any atom is 0.416 e. The van der Waals surface area contributed by atoms with E-state index in [-0.39, 0.29) is 12.1 Å². The first-order chi connectivity index (χ1) is 12.3. The summed E-state index contributed by atoms with van der Waals surface area (Å²) in [7, 11) is 1.77. The number of nitrogens with one attached hydrogen (secondary N) is 1. The molecule has 1 amide bonds. The Morgan fingerprint density at radius 1 is 1.15 bits per heavy atom. The minimum absolute atomic E-state index is 0.152. The van der Waals surface area contributed by atoms with Crippen LogP contribution in [0, 0.1) is 0 Å². The van der Waals surface area contributed by atoms with Gasteiger partial charge in [-0.2, -0.15) is 18.3 Å². The number of hydrogen-bond acceptors (Lipinski definition) is 3. The lowest BCUT2D eigenvalue weighted by molar-refractivity contribution is -0.137. The Kier molecular flexibility index (Phi) is 4.75. The first kappa shape index (κ1) is 17.7. The second-order valence-corrected chi connectivity index (χ2v) is 5.62. The first-order valence-corrected chi connectivity index (χ1v) is 7.74. The van der Waals surface area contributed by atoms with Gasteiger partial charge in [0.1, 0.15) is 0 Å². The Bertz CT molecular complexity index is 902. The van der Waals surface area contributed by atoms with E-state index < -0.39 is 17.6 Å². The maximum absolute atomic E-state index is 12.6. The van der Waals surface area contributed by atoms with Crippen molar-refractivity contribution in [2.24, 2.45) is 7.05 Å². The molecule has 0 aliphatic carbocycles. The minimum Gasteiger partial charge on any atom is -0.346 e. The quantitative estimate of drug-likeness (QED) is 0.775. The minimum atomic E-state index is -4.43. The van der Waals surface area contributed by atoms with E-state index in [1.807, 2.05) is 18.2 Å². The van der Waals surface area contributed by atoms with Crippen LogP contribution in [-0.4, -0.2) is 20.7 Å². The molecule has 0 atom stereocenters. The molecule has 3 aromatic rings. The molecule has 8 heteroatoms. The van der Waals surface area contributed by atoms with E-state index in [1.54, 1.807) is 24.0 Å². The van der Waals surface area contributed by atoms with Gasteiger partial charge in [0.25, 0.3) is 5.91 Å². The lowest BCUT2D eigenvalue weighted by atomic mass is 10.1. The van der Waals surface area contributed by atoms with E-state index in [2.05, 4.69) is 15.4 Å². The summed E-state index contributed by atoms with van der Waals surface area (Å²) in [5.74, 6) is -0.469. The Balaban J connectivity index is 1.67. The summed E-state index contributed by atoms with van der Waals surface area (Å²) in [5.41, 5.74) is 1.53. The number of aromatic nitrogens is 3. The van der Waals surface area contributed by atoms with Gasteiger partial charge < -0.3 is 5.32 Å². The van der Waals surface area contributed by atoms with Gasteiger partial charge in [-0.05, 0) is 42.5 Å². The van der Waals surface area contributed by atoms with Crippen LogP contribution in [0.5, 0.6) is 0 Å². The number of carbonyl (C=O) groups is 1. The molecule has 0 aliphatic rings. The van der Waals surface area contributed by atoms with Crippen LogP contribution in [0.1, 0.15) is 21.6 Å². The zero-order chi connectivity index (χ0) is 18.7. The van der Waals surface area contributed by atoms with Crippen LogP contribution in [0.2, 0.25) is 0 Å². The Labute approximate surface area is 147 Å². The van der Waals surface area contributed by atoms with E-state index in [1.165, 1.54) is 0 Å². The van der Waals surface area contributed by atoms with Gasteiger partial charge in [-0.3, -0.25) is 14.5 Å². The summed E-state index contributed by atoms with van der Waals surface area (Å²) in [6, 6.07) is 11.4. The molecule has 0 saturated heterocycles. The van der Waals surface area contributed by atoms with Gasteiger partial charge in [0.05, 0.1) is 29.2 Å². The third-order valence-corrected chi connectivity index (χ3v) is 3.76. The first-order valence-electron chi connectivity index (χ1n) is 7.74. The molecule has 134 valence electrons. The second kappa shape index (κ2) is 6.99. The molecule has 2 aromatic heterocycles. The molecule has 0 bridgehead atoms. The highest BCUT2D eigenvalue weighted by molar-refractivity contribution is 5.94. The SMILES string of the molecule is Cn1nc(CNC(=O)c2ccc(C(F)(F)F)cc2)cc1-c1ccccn1. The molecule has 2 heterocycles. The van der Waals surface area contributed by atoms with Crippen molar-refractivity contribution in [2.45, 2.75) is 12.7 Å². The third kappa shape index (κ3) is 3.90. The van der Waals surface area contributed by atoms with Crippen molar-refractivity contribution in [1.29, 1.82) is 0 Å². The predicted octanol–water partition coefficient (Wildman–Crippen LogP) is 3.43. The van der Waals surface area contributed by atoms with Gasteiger partial charge in [0.2, 0.25) is 0 Å². The van der Waals surface area contributed by atoms with Crippen LogP contribution in [-0.2, 0) is 19.8 Å². The molecule has 1 N–H and O–H groups in total. The van der Waals surface area contributed by atoms with E-state index in [0.717, 1.165) is 35.7 Å². The van der Waals surface area contributed by atoms with Gasteiger partial charge in [-0.1, -0.05) is 6.07 Å². The normalized spacial score (nSPS) is 11.4. The molecule has 0 fully saturated rings. The standard InChI is InChI=1S/C18H15F3N4O/c1-25-16(15-4-2-3-9-22-15)10-14(24-25)11-23-17(26)12-5-7-13(8-6-12)18(19,20)21/h2-10H,11H2,1H3,(H,23,26). The van der Waals surface area contributed by atoms with E-state index in [4.69, 9.17) is 0 Å². The lowest BCUT2D eigenvalue weighted by Crippen LogP contribution is -2.23. The number of aryl methyl sites for hydroxylation is 1. The van der Waals surface area contributed by atoms with Crippen molar-refractivity contribution >= 4 is 5.91 Å². The highest BCUT2D eigenvalue weighted by atomic mass is 19.4. The van der Waals surface area contributed by atoms with E-state index in [0.29, 0.717) is 5.69 Å². The van der Waals surface area contributed by atoms with Crippen LogP contribution < -0.4 is 5.32 Å². The van der Waals surface area contributed by atoms with Gasteiger partial charge in [-0.25, -0.2) is 0 Å². The maximum atomic E-state index is 12.6. The van der Waals surface area contributed by atoms with Crippen molar-refractivity contribution in [1.82, 2.24) is 20.1 Å². The number of pyridine rings is 1. The number of hydrogen-bond donors (Lipinski definition) is 1. The topological polar surface area (TPSA) is 59.8 Å². The number of halogens is 3. The molecular formula is C18H15F3N4O. The van der Waals surface area contributed by atoms with Crippen LogP contribution in [0.3, 0.4) is 0 Å². The zero-order valence-corrected chi connectivity index (χ0v) is 13.8. The fourth-order valence-electron chi connectivity index (χ4n) is 2.45. The molecule has 0 saturated carbocycles. The Morgan fingerprint density at radius 2 is 1.88 bits per heavy atom. The van der Waals surface area contributed by atoms with Crippen LogP contribution in [0.15, 0.2) is 54.7 Å². The largest absolute Gasteiger partial charge is 0.416 e. The molecule has 26 heavy (non-hydrogen) atoms. The highest BCUT2D eigenvalue weighted by Gasteiger charge is 2.30. The van der Waals surface area contributed by atoms with E-state index >= 15 is 0 Å². The Morgan fingerprint density at radius 3 is 2.50 bits per heavy atom. The fourth-order valence-corrected chi connectivity index (χ4v) is 2.45. The monoisotopic (exact) mass is 360 g/mol. The summed E-state index contributed by atoms with van der Waals surface area (Å²) in [6.45, 7) is 0.153. The highest BCUT2D eigenvalue weighted by Crippen LogP contribution is 2.29. The average molecular weight is 360 g/mol. The fraction of sp³-hybridized carbons (Fsp3) is 0.167. The number of alkyl halides is 3. The summed E-state index contributed by atoms with van der Waals surface area (Å²) in [6.07, 6.45) is -2.75. The van der Waals surface area contributed by atoms with Gasteiger partial charge in [0, 0.05) is 18.8 Å². The van der Waals surface area contributed by atoms with Crippen molar-refractivity contribution in [3.8, 4) is 11.4 Å². The second-order valence-electron chi connectivity index (χ2n) is 5.62. The van der Waals surface area contributed by atoms with Gasteiger partial charge >= 0.3 is 6.18 Å². The molecular weight excluding hydrogens is 345 g/mol. The van der Waals surface area contributed by atoms with Gasteiger partial charge in [-0.15, -0.1) is 0 Å². The molecule has 1 aromatic carbocycles. The molecule has 3 rings (SSSR count). The number of amides is 1. The van der Waals surface area contributed by atoms with Crippen molar-refractivity contribution in [3.05, 3.63) is 71.5 Å². The summed E-state index contributed by atoms with van der Waals surface area (Å²) >= 11 is 0. The average Bonchev–Trinajstić information content (AvgIpc) is 3.00. The van der Waals surface area contributed by atoms with Crippen LogP contribution in [0.25, 0.3) is 11.4 Å². The molecule has 5 nitrogen and oxygen atoms in total. The zero-order valence-electron chi connectivity index (χ0n) is 13.8. The summed E-state index contributed by atoms with van der Waals surface area (Å²) in [5, 5.41) is 6.96. The molecule has 0 aliphatic heterocycles. The summed E-state index contributed by atoms with van der Waals surface area (Å²) < 4.78 is 39.3. The third-order valence-electron chi connectivity index (χ3n) is 3.76. The number of nitrogens with zero attached hydrogens (tertiary/aromatic N) is 3. The summed E-state index contributed by atoms with van der Waals surface area (Å²) in [4.78, 5) is 16.4. The number of carbonyl (C=O) groups excluding carboxylic acids is 1. The molecule has 0 radical (unpaired) electrons. The molecule has 0 spiro atoms. The smallest absolute Gasteiger partial charge is 0.346 e. The Hall–Kier alpha value is -3.16.